The molecule has 2 N–H and O–H groups in total. The van der Waals surface area contributed by atoms with Crippen molar-refractivity contribution in [2.24, 2.45) is 5.73 Å². The molecule has 1 aromatic carbocycles. The molecule has 0 aliphatic rings. The number of pyridine rings is 1. The van der Waals surface area contributed by atoms with Crippen LogP contribution in [0.4, 0.5) is 0 Å². The predicted octanol–water partition coefficient (Wildman–Crippen LogP) is 3.16. The molecule has 2 rings (SSSR count). The van der Waals surface area contributed by atoms with Crippen LogP contribution in [0, 0.1) is 0 Å². The van der Waals surface area contributed by atoms with Crippen LogP contribution in [0.1, 0.15) is 18.9 Å². The number of para-hydroxylation sites is 2. The van der Waals surface area contributed by atoms with Gasteiger partial charge in [0.05, 0.1) is 6.61 Å². The molecule has 0 spiro atoms. The van der Waals surface area contributed by atoms with Crippen molar-refractivity contribution >= 4 is 0 Å². The van der Waals surface area contributed by atoms with Gasteiger partial charge in [-0.1, -0.05) is 25.1 Å². The first-order valence-corrected chi connectivity index (χ1v) is 6.88. The second kappa shape index (κ2) is 7.50. The number of nitrogens with two attached hydrogens (primary N) is 1. The van der Waals surface area contributed by atoms with Gasteiger partial charge in [-0.2, -0.15) is 0 Å². The Morgan fingerprint density at radius 2 is 1.90 bits per heavy atom. The van der Waals surface area contributed by atoms with Crippen LogP contribution >= 0.6 is 0 Å². The molecule has 0 aliphatic heterocycles. The number of hydrogen-bond donors (Lipinski definition) is 1. The topological polar surface area (TPSA) is 57.4 Å². The third-order valence-corrected chi connectivity index (χ3v) is 2.78. The summed E-state index contributed by atoms with van der Waals surface area (Å²) in [5.74, 6) is 2.00. The average molecular weight is 272 g/mol. The van der Waals surface area contributed by atoms with Crippen molar-refractivity contribution in [3.63, 3.8) is 0 Å². The van der Waals surface area contributed by atoms with Crippen molar-refractivity contribution in [3.05, 3.63) is 48.2 Å². The minimum atomic E-state index is 0.566. The third kappa shape index (κ3) is 3.71. The molecule has 2 aromatic rings. The zero-order valence-electron chi connectivity index (χ0n) is 11.7. The Morgan fingerprint density at radius 3 is 2.65 bits per heavy atom. The maximum absolute atomic E-state index is 5.90. The fraction of sp³-hybridized carbons (Fsp3) is 0.312. The molecule has 0 bridgehead atoms. The molecule has 0 aliphatic carbocycles. The Hall–Kier alpha value is -2.07. The second-order valence-corrected chi connectivity index (χ2v) is 4.40. The highest BCUT2D eigenvalue weighted by molar-refractivity contribution is 5.42. The van der Waals surface area contributed by atoms with Crippen LogP contribution in [0.15, 0.2) is 42.6 Å². The molecular weight excluding hydrogens is 252 g/mol. The highest BCUT2D eigenvalue weighted by Gasteiger charge is 2.09. The van der Waals surface area contributed by atoms with Gasteiger partial charge in [-0.15, -0.1) is 0 Å². The molecule has 0 unspecified atom stereocenters. The first-order valence-electron chi connectivity index (χ1n) is 6.88. The van der Waals surface area contributed by atoms with E-state index >= 15 is 0 Å². The standard InChI is InChI=1S/C16H20N2O2/c1-2-12-19-14-7-3-4-8-15(14)20-16-13(9-10-17)6-5-11-18-16/h3-8,11H,2,9-10,12,17H2,1H3. The third-order valence-electron chi connectivity index (χ3n) is 2.78. The van der Waals surface area contributed by atoms with E-state index in [1.807, 2.05) is 36.4 Å². The minimum Gasteiger partial charge on any atom is -0.490 e. The predicted molar refractivity (Wildman–Crippen MR) is 79.3 cm³/mol. The quantitative estimate of drug-likeness (QED) is 0.841. The van der Waals surface area contributed by atoms with E-state index in [1.54, 1.807) is 6.20 Å². The summed E-state index contributed by atoms with van der Waals surface area (Å²) in [6, 6.07) is 11.5. The minimum absolute atomic E-state index is 0.566. The van der Waals surface area contributed by atoms with E-state index in [-0.39, 0.29) is 0 Å². The number of ether oxygens (including phenoxy) is 2. The fourth-order valence-electron chi connectivity index (χ4n) is 1.83. The maximum atomic E-state index is 5.90. The molecule has 0 saturated carbocycles. The van der Waals surface area contributed by atoms with Crippen molar-refractivity contribution in [3.8, 4) is 17.4 Å². The largest absolute Gasteiger partial charge is 0.490 e. The molecule has 1 heterocycles. The van der Waals surface area contributed by atoms with Crippen molar-refractivity contribution in [2.75, 3.05) is 13.2 Å². The molecule has 0 saturated heterocycles. The van der Waals surface area contributed by atoms with Gasteiger partial charge in [-0.25, -0.2) is 4.98 Å². The summed E-state index contributed by atoms with van der Waals surface area (Å²) in [5.41, 5.74) is 6.61. The van der Waals surface area contributed by atoms with Crippen molar-refractivity contribution in [2.45, 2.75) is 19.8 Å². The van der Waals surface area contributed by atoms with Crippen LogP contribution in [0.2, 0.25) is 0 Å². The van der Waals surface area contributed by atoms with E-state index in [2.05, 4.69) is 11.9 Å². The Morgan fingerprint density at radius 1 is 1.10 bits per heavy atom. The fourth-order valence-corrected chi connectivity index (χ4v) is 1.83. The average Bonchev–Trinajstić information content (AvgIpc) is 2.49. The summed E-state index contributed by atoms with van der Waals surface area (Å²) >= 11 is 0. The summed E-state index contributed by atoms with van der Waals surface area (Å²) in [4.78, 5) is 4.28. The van der Waals surface area contributed by atoms with Crippen LogP contribution in [-0.2, 0) is 6.42 Å². The van der Waals surface area contributed by atoms with Crippen molar-refractivity contribution in [1.82, 2.24) is 4.98 Å². The van der Waals surface area contributed by atoms with E-state index in [9.17, 15) is 0 Å². The molecule has 4 heteroatoms. The molecule has 106 valence electrons. The van der Waals surface area contributed by atoms with E-state index in [4.69, 9.17) is 15.2 Å². The molecule has 1 aromatic heterocycles. The van der Waals surface area contributed by atoms with Crippen LogP contribution < -0.4 is 15.2 Å². The van der Waals surface area contributed by atoms with Crippen molar-refractivity contribution in [1.29, 1.82) is 0 Å². The Labute approximate surface area is 119 Å². The second-order valence-electron chi connectivity index (χ2n) is 4.40. The molecule has 4 nitrogen and oxygen atoms in total. The first-order chi connectivity index (χ1) is 9.85. The summed E-state index contributed by atoms with van der Waals surface area (Å²) in [7, 11) is 0. The smallest absolute Gasteiger partial charge is 0.222 e. The highest BCUT2D eigenvalue weighted by Crippen LogP contribution is 2.31. The van der Waals surface area contributed by atoms with Gasteiger partial charge in [-0.05, 0) is 37.6 Å². The van der Waals surface area contributed by atoms with Gasteiger partial charge >= 0.3 is 0 Å². The lowest BCUT2D eigenvalue weighted by atomic mass is 10.2. The molecular formula is C16H20N2O2. The Bertz CT molecular complexity index is 544. The number of aromatic nitrogens is 1. The summed E-state index contributed by atoms with van der Waals surface area (Å²) in [6.07, 6.45) is 3.41. The van der Waals surface area contributed by atoms with Gasteiger partial charge < -0.3 is 15.2 Å². The normalized spacial score (nSPS) is 10.3. The lowest BCUT2D eigenvalue weighted by Crippen LogP contribution is -2.05. The molecule has 0 radical (unpaired) electrons. The molecule has 0 fully saturated rings. The van der Waals surface area contributed by atoms with Gasteiger partial charge in [0.1, 0.15) is 0 Å². The number of benzene rings is 1. The Balaban J connectivity index is 2.21. The van der Waals surface area contributed by atoms with Gasteiger partial charge in [0.15, 0.2) is 11.5 Å². The van der Waals surface area contributed by atoms with E-state index in [1.165, 1.54) is 0 Å². The first kappa shape index (κ1) is 14.3. The SMILES string of the molecule is CCCOc1ccccc1Oc1ncccc1CCN. The lowest BCUT2D eigenvalue weighted by molar-refractivity contribution is 0.300. The molecule has 0 atom stereocenters. The monoisotopic (exact) mass is 272 g/mol. The van der Waals surface area contributed by atoms with Crippen LogP contribution in [-0.4, -0.2) is 18.1 Å². The lowest BCUT2D eigenvalue weighted by Gasteiger charge is -2.13. The van der Waals surface area contributed by atoms with Crippen molar-refractivity contribution < 1.29 is 9.47 Å². The maximum Gasteiger partial charge on any atom is 0.222 e. The summed E-state index contributed by atoms with van der Waals surface area (Å²) < 4.78 is 11.6. The van der Waals surface area contributed by atoms with Crippen LogP contribution in [0.3, 0.4) is 0 Å². The highest BCUT2D eigenvalue weighted by atomic mass is 16.5. The van der Waals surface area contributed by atoms with E-state index in [0.717, 1.165) is 24.2 Å². The number of hydrogen-bond acceptors (Lipinski definition) is 4. The number of nitrogens with zero attached hydrogens (tertiary/aromatic N) is 1. The zero-order chi connectivity index (χ0) is 14.2. The van der Waals surface area contributed by atoms with Gasteiger partial charge in [0.2, 0.25) is 5.88 Å². The van der Waals surface area contributed by atoms with Gasteiger partial charge in [0.25, 0.3) is 0 Å². The zero-order valence-corrected chi connectivity index (χ0v) is 11.7. The Kier molecular flexibility index (Phi) is 5.38. The summed E-state index contributed by atoms with van der Waals surface area (Å²) in [6.45, 7) is 3.30. The molecule has 0 amide bonds. The van der Waals surface area contributed by atoms with Gasteiger partial charge in [0, 0.05) is 11.8 Å². The van der Waals surface area contributed by atoms with Crippen LogP contribution in [0.25, 0.3) is 0 Å². The van der Waals surface area contributed by atoms with E-state index < -0.39 is 0 Å². The summed E-state index contributed by atoms with van der Waals surface area (Å²) in [5, 5.41) is 0. The van der Waals surface area contributed by atoms with E-state index in [0.29, 0.717) is 24.8 Å². The van der Waals surface area contributed by atoms with Gasteiger partial charge in [-0.3, -0.25) is 0 Å². The molecule has 20 heavy (non-hydrogen) atoms. The van der Waals surface area contributed by atoms with Crippen LogP contribution in [0.5, 0.6) is 17.4 Å². The number of rotatable bonds is 7.